The smallest absolute Gasteiger partial charge is 0.330 e. The number of urea groups is 1. The van der Waals surface area contributed by atoms with Crippen LogP contribution in [0.2, 0.25) is 0 Å². The van der Waals surface area contributed by atoms with Gasteiger partial charge in [0.25, 0.3) is 0 Å². The van der Waals surface area contributed by atoms with E-state index in [0.29, 0.717) is 11.4 Å². The topological polar surface area (TPSA) is 67.2 Å². The van der Waals surface area contributed by atoms with E-state index < -0.39 is 6.03 Å². The summed E-state index contributed by atoms with van der Waals surface area (Å²) in [5.41, 5.74) is 9.31. The first kappa shape index (κ1) is 8.16. The van der Waals surface area contributed by atoms with Crippen LogP contribution in [0, 0.1) is 0 Å². The zero-order chi connectivity index (χ0) is 7.28. The summed E-state index contributed by atoms with van der Waals surface area (Å²) in [5, 5.41) is 0. The molecule has 0 radical (unpaired) electrons. The Hall–Kier alpha value is -0.840. The second kappa shape index (κ2) is 4.08. The van der Waals surface area contributed by atoms with Crippen LogP contribution >= 0.6 is 12.2 Å². The Morgan fingerprint density at radius 1 is 1.67 bits per heavy atom. The second-order valence-electron chi connectivity index (χ2n) is 1.39. The Labute approximate surface area is 58.8 Å². The van der Waals surface area contributed by atoms with Gasteiger partial charge < -0.3 is 5.73 Å². The number of nitrogens with one attached hydrogen (secondary N) is 2. The molecule has 0 aliphatic heterocycles. The van der Waals surface area contributed by atoms with Crippen LogP contribution in [0.15, 0.2) is 0 Å². The Bertz CT molecular complexity index is 125. The molecule has 0 bridgehead atoms. The van der Waals surface area contributed by atoms with E-state index in [-0.39, 0.29) is 0 Å². The molecular weight excluding hydrogens is 138 g/mol. The Morgan fingerprint density at radius 2 is 2.22 bits per heavy atom. The molecule has 0 aromatic carbocycles. The maximum Gasteiger partial charge on any atom is 0.330 e. The summed E-state index contributed by atoms with van der Waals surface area (Å²) >= 11 is 4.69. The first-order valence-corrected chi connectivity index (χ1v) is 2.92. The van der Waals surface area contributed by atoms with E-state index in [4.69, 9.17) is 18.0 Å². The summed E-state index contributed by atoms with van der Waals surface area (Å²) in [4.78, 5) is 10.6. The second-order valence-corrected chi connectivity index (χ2v) is 1.88. The Balaban J connectivity index is 3.28. The van der Waals surface area contributed by atoms with E-state index in [1.165, 1.54) is 0 Å². The van der Waals surface area contributed by atoms with E-state index in [9.17, 15) is 4.79 Å². The van der Waals surface area contributed by atoms with E-state index in [1.807, 2.05) is 6.92 Å². The summed E-state index contributed by atoms with van der Waals surface area (Å²) in [6.45, 7) is 1.87. The fraction of sp³-hybridized carbons (Fsp3) is 0.500. The molecule has 4 N–H and O–H groups in total. The van der Waals surface area contributed by atoms with Crippen molar-refractivity contribution in [2.75, 3.05) is 0 Å². The van der Waals surface area contributed by atoms with Gasteiger partial charge in [0.15, 0.2) is 0 Å². The SMILES string of the molecule is CCC(=S)NNC(N)=O. The predicted molar refractivity (Wildman–Crippen MR) is 38.7 cm³/mol. The van der Waals surface area contributed by atoms with Crippen molar-refractivity contribution in [1.29, 1.82) is 0 Å². The number of carbonyl (C=O) groups excluding carboxylic acids is 1. The Morgan fingerprint density at radius 3 is 2.56 bits per heavy atom. The zero-order valence-electron chi connectivity index (χ0n) is 5.10. The van der Waals surface area contributed by atoms with E-state index in [1.54, 1.807) is 0 Å². The minimum atomic E-state index is -0.634. The zero-order valence-corrected chi connectivity index (χ0v) is 5.92. The van der Waals surface area contributed by atoms with Crippen LogP contribution in [0.25, 0.3) is 0 Å². The van der Waals surface area contributed by atoms with Crippen LogP contribution < -0.4 is 16.6 Å². The van der Waals surface area contributed by atoms with Gasteiger partial charge >= 0.3 is 6.03 Å². The largest absolute Gasteiger partial charge is 0.350 e. The van der Waals surface area contributed by atoms with Gasteiger partial charge in [-0.1, -0.05) is 19.1 Å². The molecule has 5 heteroatoms. The molecule has 9 heavy (non-hydrogen) atoms. The van der Waals surface area contributed by atoms with Gasteiger partial charge in [-0.15, -0.1) is 0 Å². The molecule has 0 aromatic rings. The van der Waals surface area contributed by atoms with E-state index in [0.717, 1.165) is 0 Å². The molecule has 0 rings (SSSR count). The minimum absolute atomic E-state index is 0.564. The highest BCUT2D eigenvalue weighted by Gasteiger charge is 1.90. The van der Waals surface area contributed by atoms with Crippen molar-refractivity contribution in [2.24, 2.45) is 5.73 Å². The molecule has 0 spiro atoms. The van der Waals surface area contributed by atoms with Gasteiger partial charge in [0.2, 0.25) is 0 Å². The molecule has 2 amide bonds. The lowest BCUT2D eigenvalue weighted by Crippen LogP contribution is -2.43. The molecule has 0 fully saturated rings. The third-order valence-corrected chi connectivity index (χ3v) is 1.04. The molecule has 0 heterocycles. The summed E-state index contributed by atoms with van der Waals surface area (Å²) in [6.07, 6.45) is 0.690. The molecule has 4 nitrogen and oxygen atoms in total. The molecule has 52 valence electrons. The van der Waals surface area contributed by atoms with Gasteiger partial charge in [-0.2, -0.15) is 0 Å². The highest BCUT2D eigenvalue weighted by Crippen LogP contribution is 1.75. The highest BCUT2D eigenvalue weighted by molar-refractivity contribution is 7.80. The lowest BCUT2D eigenvalue weighted by atomic mass is 10.5. The third-order valence-electron chi connectivity index (χ3n) is 0.646. The third kappa shape index (κ3) is 5.02. The molecule has 0 saturated heterocycles. The standard InChI is InChI=1S/C4H9N3OS/c1-2-3(9)6-7-4(5)8/h2H2,1H3,(H,6,9)(H3,5,7,8). The van der Waals surface area contributed by atoms with Crippen LogP contribution in [0.4, 0.5) is 4.79 Å². The average molecular weight is 147 g/mol. The van der Waals surface area contributed by atoms with E-state index in [2.05, 4.69) is 10.9 Å². The number of hydrazine groups is 1. The van der Waals surface area contributed by atoms with Crippen molar-refractivity contribution in [3.8, 4) is 0 Å². The van der Waals surface area contributed by atoms with Crippen molar-refractivity contribution < 1.29 is 4.79 Å². The van der Waals surface area contributed by atoms with Crippen LogP contribution in [-0.2, 0) is 0 Å². The predicted octanol–water partition coefficient (Wildman–Crippen LogP) is -0.103. The molecule has 0 unspecified atom stereocenters. The monoisotopic (exact) mass is 147 g/mol. The van der Waals surface area contributed by atoms with Gasteiger partial charge in [0.1, 0.15) is 0 Å². The quantitative estimate of drug-likeness (QED) is 0.358. The molecule has 0 aliphatic carbocycles. The summed E-state index contributed by atoms with van der Waals surface area (Å²) in [7, 11) is 0. The van der Waals surface area contributed by atoms with Crippen molar-refractivity contribution in [1.82, 2.24) is 10.9 Å². The number of hydrogen-bond donors (Lipinski definition) is 3. The molecular formula is C4H9N3OS. The number of thiocarbonyl (C=S) groups is 1. The number of nitrogens with two attached hydrogens (primary N) is 1. The number of primary amides is 1. The van der Waals surface area contributed by atoms with Crippen molar-refractivity contribution in [3.63, 3.8) is 0 Å². The fourth-order valence-corrected chi connectivity index (χ4v) is 0.271. The maximum atomic E-state index is 10.0. The maximum absolute atomic E-state index is 10.0. The fourth-order valence-electron chi connectivity index (χ4n) is 0.220. The highest BCUT2D eigenvalue weighted by atomic mass is 32.1. The molecule has 0 saturated carbocycles. The van der Waals surface area contributed by atoms with Gasteiger partial charge in [0.05, 0.1) is 4.99 Å². The van der Waals surface area contributed by atoms with Gasteiger partial charge in [-0.3, -0.25) is 10.9 Å². The van der Waals surface area contributed by atoms with Gasteiger partial charge in [-0.25, -0.2) is 4.79 Å². The first-order chi connectivity index (χ1) is 4.16. The number of hydrogen-bond acceptors (Lipinski definition) is 2. The van der Waals surface area contributed by atoms with E-state index >= 15 is 0 Å². The lowest BCUT2D eigenvalue weighted by molar-refractivity contribution is 0.247. The van der Waals surface area contributed by atoms with Gasteiger partial charge in [-0.05, 0) is 6.42 Å². The molecule has 0 aromatic heterocycles. The number of rotatable bonds is 1. The van der Waals surface area contributed by atoms with Gasteiger partial charge in [0, 0.05) is 0 Å². The first-order valence-electron chi connectivity index (χ1n) is 2.51. The van der Waals surface area contributed by atoms with Crippen LogP contribution in [-0.4, -0.2) is 11.0 Å². The number of carbonyl (C=O) groups is 1. The normalized spacial score (nSPS) is 8.11. The number of amides is 2. The molecule has 0 aliphatic rings. The summed E-state index contributed by atoms with van der Waals surface area (Å²) in [6, 6.07) is -0.634. The van der Waals surface area contributed by atoms with Crippen molar-refractivity contribution >= 4 is 23.2 Å². The van der Waals surface area contributed by atoms with Crippen molar-refractivity contribution in [3.05, 3.63) is 0 Å². The van der Waals surface area contributed by atoms with Crippen LogP contribution in [0.5, 0.6) is 0 Å². The van der Waals surface area contributed by atoms with Crippen molar-refractivity contribution in [2.45, 2.75) is 13.3 Å². The molecule has 0 atom stereocenters. The minimum Gasteiger partial charge on any atom is -0.350 e. The van der Waals surface area contributed by atoms with Crippen LogP contribution in [0.3, 0.4) is 0 Å². The van der Waals surface area contributed by atoms with Crippen LogP contribution in [0.1, 0.15) is 13.3 Å². The summed E-state index contributed by atoms with van der Waals surface area (Å²) < 4.78 is 0. The summed E-state index contributed by atoms with van der Waals surface area (Å²) in [5.74, 6) is 0. The average Bonchev–Trinajstić information content (AvgIpc) is 1.83. The lowest BCUT2D eigenvalue weighted by Gasteiger charge is -2.03. The Kier molecular flexibility index (Phi) is 3.70.